The number of piperazine rings is 1. The smallest absolute Gasteiger partial charge is 0.0126 e. The minimum atomic E-state index is 0.796. The summed E-state index contributed by atoms with van der Waals surface area (Å²) in [6.45, 7) is 5.05. The van der Waals surface area contributed by atoms with Crippen LogP contribution in [0.25, 0.3) is 0 Å². The highest BCUT2D eigenvalue weighted by Crippen LogP contribution is 2.25. The van der Waals surface area contributed by atoms with Crippen LogP contribution in [-0.4, -0.2) is 62.2 Å². The zero-order valence-corrected chi connectivity index (χ0v) is 8.79. The van der Waals surface area contributed by atoms with Crippen LogP contribution in [0.5, 0.6) is 0 Å². The Morgan fingerprint density at radius 2 is 1.69 bits per heavy atom. The molecular formula is C10H21N3. The lowest BCUT2D eigenvalue weighted by Gasteiger charge is -2.45. The summed E-state index contributed by atoms with van der Waals surface area (Å²) in [4.78, 5) is 5.08. The first-order chi connectivity index (χ1) is 6.29. The second kappa shape index (κ2) is 3.95. The quantitative estimate of drug-likeness (QED) is 0.649. The lowest BCUT2D eigenvalue weighted by atomic mass is 9.85. The van der Waals surface area contributed by atoms with E-state index in [0.29, 0.717) is 0 Å². The van der Waals surface area contributed by atoms with Crippen LogP contribution in [0.2, 0.25) is 0 Å². The largest absolute Gasteiger partial charge is 0.317 e. The summed E-state index contributed by atoms with van der Waals surface area (Å²) >= 11 is 0. The van der Waals surface area contributed by atoms with Crippen molar-refractivity contribution in [1.82, 2.24) is 15.1 Å². The number of hydrogen-bond donors (Lipinski definition) is 1. The molecule has 2 aliphatic rings. The van der Waals surface area contributed by atoms with Gasteiger partial charge in [0, 0.05) is 38.3 Å². The Hall–Kier alpha value is -0.120. The molecule has 1 saturated carbocycles. The fraction of sp³-hybridized carbons (Fsp3) is 1.00. The second-order valence-corrected chi connectivity index (χ2v) is 4.45. The zero-order valence-electron chi connectivity index (χ0n) is 8.79. The summed E-state index contributed by atoms with van der Waals surface area (Å²) < 4.78 is 0. The maximum absolute atomic E-state index is 3.34. The molecule has 2 rings (SSSR count). The molecule has 1 aliphatic heterocycles. The van der Waals surface area contributed by atoms with Gasteiger partial charge in [-0.25, -0.2) is 0 Å². The molecule has 1 saturated heterocycles. The molecule has 13 heavy (non-hydrogen) atoms. The molecule has 0 spiro atoms. The normalized spacial score (nSPS) is 37.4. The van der Waals surface area contributed by atoms with Crippen molar-refractivity contribution in [2.75, 3.05) is 40.3 Å². The van der Waals surface area contributed by atoms with E-state index >= 15 is 0 Å². The second-order valence-electron chi connectivity index (χ2n) is 4.45. The summed E-state index contributed by atoms with van der Waals surface area (Å²) in [6.07, 6.45) is 2.72. The summed E-state index contributed by atoms with van der Waals surface area (Å²) in [5, 5.41) is 3.34. The van der Waals surface area contributed by atoms with Gasteiger partial charge in [0.25, 0.3) is 0 Å². The number of likely N-dealkylation sites (N-methyl/N-ethyl adjacent to an activating group) is 1. The van der Waals surface area contributed by atoms with E-state index in [9.17, 15) is 0 Å². The number of hydrogen-bond acceptors (Lipinski definition) is 3. The predicted octanol–water partition coefficient (Wildman–Crippen LogP) is -0.0158. The highest BCUT2D eigenvalue weighted by atomic mass is 15.3. The SMILES string of the molecule is CNC1CC(N2CCN(C)CC2)C1. The summed E-state index contributed by atoms with van der Waals surface area (Å²) in [5.74, 6) is 0. The van der Waals surface area contributed by atoms with Crippen LogP contribution < -0.4 is 5.32 Å². The Bertz CT molecular complexity index is 158. The molecule has 0 radical (unpaired) electrons. The van der Waals surface area contributed by atoms with Crippen molar-refractivity contribution < 1.29 is 0 Å². The Labute approximate surface area is 81.1 Å². The predicted molar refractivity (Wildman–Crippen MR) is 54.9 cm³/mol. The maximum atomic E-state index is 3.34. The molecular weight excluding hydrogens is 162 g/mol. The van der Waals surface area contributed by atoms with Crippen molar-refractivity contribution in [2.45, 2.75) is 24.9 Å². The van der Waals surface area contributed by atoms with Gasteiger partial charge in [0.15, 0.2) is 0 Å². The van der Waals surface area contributed by atoms with Crippen LogP contribution in [0.15, 0.2) is 0 Å². The fourth-order valence-electron chi connectivity index (χ4n) is 2.31. The van der Waals surface area contributed by atoms with Crippen LogP contribution in [0.1, 0.15) is 12.8 Å². The van der Waals surface area contributed by atoms with Gasteiger partial charge in [0.2, 0.25) is 0 Å². The van der Waals surface area contributed by atoms with Crippen molar-refractivity contribution in [3.8, 4) is 0 Å². The molecule has 0 aromatic rings. The third-order valence-electron chi connectivity index (χ3n) is 3.58. The van der Waals surface area contributed by atoms with E-state index in [1.54, 1.807) is 0 Å². The molecule has 3 heteroatoms. The van der Waals surface area contributed by atoms with Crippen LogP contribution >= 0.6 is 0 Å². The first-order valence-electron chi connectivity index (χ1n) is 5.39. The van der Waals surface area contributed by atoms with Crippen LogP contribution in [0, 0.1) is 0 Å². The molecule has 1 aliphatic carbocycles. The molecule has 0 unspecified atom stereocenters. The van der Waals surface area contributed by atoms with Crippen molar-refractivity contribution in [2.24, 2.45) is 0 Å². The van der Waals surface area contributed by atoms with Gasteiger partial charge in [0.1, 0.15) is 0 Å². The fourth-order valence-corrected chi connectivity index (χ4v) is 2.31. The average Bonchev–Trinajstić information content (AvgIpc) is 2.06. The lowest BCUT2D eigenvalue weighted by Crippen LogP contribution is -2.56. The van der Waals surface area contributed by atoms with E-state index < -0.39 is 0 Å². The van der Waals surface area contributed by atoms with Crippen molar-refractivity contribution in [1.29, 1.82) is 0 Å². The molecule has 0 aromatic carbocycles. The van der Waals surface area contributed by atoms with Gasteiger partial charge in [0.05, 0.1) is 0 Å². The topological polar surface area (TPSA) is 18.5 Å². The molecule has 76 valence electrons. The Morgan fingerprint density at radius 1 is 1.08 bits per heavy atom. The minimum absolute atomic E-state index is 0.796. The van der Waals surface area contributed by atoms with Crippen LogP contribution in [0.4, 0.5) is 0 Å². The van der Waals surface area contributed by atoms with Gasteiger partial charge in [-0.3, -0.25) is 4.90 Å². The molecule has 0 bridgehead atoms. The molecule has 0 atom stereocenters. The number of rotatable bonds is 2. The standard InChI is InChI=1S/C10H21N3/c1-11-9-7-10(8-9)13-5-3-12(2)4-6-13/h9-11H,3-8H2,1-2H3. The van der Waals surface area contributed by atoms with Gasteiger partial charge >= 0.3 is 0 Å². The highest BCUT2D eigenvalue weighted by molar-refractivity contribution is 4.92. The Kier molecular flexibility index (Phi) is 2.86. The molecule has 1 heterocycles. The number of nitrogens with one attached hydrogen (secondary N) is 1. The van der Waals surface area contributed by atoms with Crippen molar-refractivity contribution in [3.05, 3.63) is 0 Å². The van der Waals surface area contributed by atoms with Crippen LogP contribution in [-0.2, 0) is 0 Å². The van der Waals surface area contributed by atoms with E-state index in [-0.39, 0.29) is 0 Å². The lowest BCUT2D eigenvalue weighted by molar-refractivity contribution is 0.0551. The highest BCUT2D eigenvalue weighted by Gasteiger charge is 2.33. The summed E-state index contributed by atoms with van der Waals surface area (Å²) in [5.41, 5.74) is 0. The molecule has 3 nitrogen and oxygen atoms in total. The number of nitrogens with zero attached hydrogens (tertiary/aromatic N) is 2. The van der Waals surface area contributed by atoms with E-state index in [1.807, 2.05) is 0 Å². The minimum Gasteiger partial charge on any atom is -0.317 e. The van der Waals surface area contributed by atoms with Crippen molar-refractivity contribution >= 4 is 0 Å². The van der Waals surface area contributed by atoms with Crippen LogP contribution in [0.3, 0.4) is 0 Å². The van der Waals surface area contributed by atoms with Crippen molar-refractivity contribution in [3.63, 3.8) is 0 Å². The summed E-state index contributed by atoms with van der Waals surface area (Å²) in [6, 6.07) is 1.68. The van der Waals surface area contributed by atoms with E-state index in [2.05, 4.69) is 29.2 Å². The molecule has 1 N–H and O–H groups in total. The maximum Gasteiger partial charge on any atom is 0.0126 e. The first-order valence-corrected chi connectivity index (χ1v) is 5.39. The Morgan fingerprint density at radius 3 is 2.23 bits per heavy atom. The molecule has 0 amide bonds. The third kappa shape index (κ3) is 2.03. The van der Waals surface area contributed by atoms with Gasteiger partial charge in [-0.2, -0.15) is 0 Å². The summed E-state index contributed by atoms with van der Waals surface area (Å²) in [7, 11) is 4.29. The van der Waals surface area contributed by atoms with E-state index in [4.69, 9.17) is 0 Å². The average molecular weight is 183 g/mol. The van der Waals surface area contributed by atoms with E-state index in [0.717, 1.165) is 12.1 Å². The van der Waals surface area contributed by atoms with Gasteiger partial charge < -0.3 is 10.2 Å². The zero-order chi connectivity index (χ0) is 9.26. The molecule has 0 aromatic heterocycles. The van der Waals surface area contributed by atoms with E-state index in [1.165, 1.54) is 39.0 Å². The third-order valence-corrected chi connectivity index (χ3v) is 3.58. The van der Waals surface area contributed by atoms with Gasteiger partial charge in [-0.05, 0) is 26.9 Å². The van der Waals surface area contributed by atoms with Gasteiger partial charge in [-0.1, -0.05) is 0 Å². The van der Waals surface area contributed by atoms with Gasteiger partial charge in [-0.15, -0.1) is 0 Å². The molecule has 2 fully saturated rings. The Balaban J connectivity index is 1.71. The first kappa shape index (κ1) is 9.44. The monoisotopic (exact) mass is 183 g/mol.